The van der Waals surface area contributed by atoms with E-state index in [9.17, 15) is 15.4 Å². The van der Waals surface area contributed by atoms with Crippen LogP contribution in [0.1, 0.15) is 19.8 Å². The molecular weight excluding hydrogens is 326 g/mol. The van der Waals surface area contributed by atoms with Crippen molar-refractivity contribution in [3.05, 3.63) is 32.8 Å². The van der Waals surface area contributed by atoms with Crippen molar-refractivity contribution in [1.29, 1.82) is 5.26 Å². The molecule has 1 aromatic carbocycles. The molecule has 0 aromatic heterocycles. The summed E-state index contributed by atoms with van der Waals surface area (Å²) in [4.78, 5) is 10.3. The number of benzene rings is 1. The molecule has 7 heteroatoms. The van der Waals surface area contributed by atoms with Gasteiger partial charge in [-0.05, 0) is 41.8 Å². The van der Waals surface area contributed by atoms with Crippen LogP contribution in [-0.4, -0.2) is 23.1 Å². The van der Waals surface area contributed by atoms with Crippen LogP contribution in [0.5, 0.6) is 5.75 Å². The number of non-ortho nitro benzene ring substituents is 1. The molecule has 1 aromatic rings. The molecule has 0 aliphatic heterocycles. The second-order valence-corrected chi connectivity index (χ2v) is 5.88. The minimum Gasteiger partial charge on any atom is -0.489 e. The summed E-state index contributed by atoms with van der Waals surface area (Å²) in [5.74, 6) is 0.360. The number of nitro groups is 1. The van der Waals surface area contributed by atoms with E-state index < -0.39 is 10.5 Å². The molecule has 0 heterocycles. The highest BCUT2D eigenvalue weighted by Gasteiger charge is 2.33. The quantitative estimate of drug-likeness (QED) is 0.635. The van der Waals surface area contributed by atoms with Gasteiger partial charge in [0.15, 0.2) is 0 Å². The van der Waals surface area contributed by atoms with Gasteiger partial charge in [-0.1, -0.05) is 0 Å². The number of hydrogen-bond donors (Lipinski definition) is 1. The van der Waals surface area contributed by atoms with Crippen molar-refractivity contribution in [2.24, 2.45) is 0 Å². The van der Waals surface area contributed by atoms with E-state index in [4.69, 9.17) is 4.74 Å². The molecule has 2 rings (SSSR count). The predicted octanol–water partition coefficient (Wildman–Crippen LogP) is 2.77. The van der Waals surface area contributed by atoms with Gasteiger partial charge in [0.05, 0.1) is 21.5 Å². The molecule has 106 valence electrons. The molecule has 6 nitrogen and oxygen atoms in total. The van der Waals surface area contributed by atoms with Crippen molar-refractivity contribution < 1.29 is 9.66 Å². The maximum absolute atomic E-state index is 10.7. The average molecular weight is 340 g/mol. The number of nitrogens with zero attached hydrogens (tertiary/aromatic N) is 2. The first-order valence-corrected chi connectivity index (χ1v) is 6.98. The molecule has 20 heavy (non-hydrogen) atoms. The van der Waals surface area contributed by atoms with Crippen LogP contribution in [0.25, 0.3) is 0 Å². The zero-order chi connectivity index (χ0) is 14.8. The Balaban J connectivity index is 2.07. The Morgan fingerprint density at radius 1 is 1.65 bits per heavy atom. The minimum absolute atomic E-state index is 0.0444. The number of halogens is 1. The Kier molecular flexibility index (Phi) is 4.26. The first-order chi connectivity index (χ1) is 9.43. The van der Waals surface area contributed by atoms with Crippen LogP contribution in [0, 0.1) is 21.4 Å². The van der Waals surface area contributed by atoms with Gasteiger partial charge >= 0.3 is 0 Å². The Hall–Kier alpha value is -1.65. The van der Waals surface area contributed by atoms with E-state index in [1.165, 1.54) is 12.1 Å². The fourth-order valence-corrected chi connectivity index (χ4v) is 2.08. The van der Waals surface area contributed by atoms with Crippen LogP contribution in [-0.2, 0) is 0 Å². The van der Waals surface area contributed by atoms with Crippen molar-refractivity contribution in [2.45, 2.75) is 31.3 Å². The van der Waals surface area contributed by atoms with Crippen LogP contribution in [0.4, 0.5) is 5.69 Å². The third kappa shape index (κ3) is 3.68. The first-order valence-electron chi connectivity index (χ1n) is 6.19. The molecule has 0 radical (unpaired) electrons. The molecule has 1 aliphatic rings. The lowest BCUT2D eigenvalue weighted by Gasteiger charge is -2.23. The van der Waals surface area contributed by atoms with Crippen molar-refractivity contribution in [2.75, 3.05) is 6.61 Å². The van der Waals surface area contributed by atoms with E-state index in [1.807, 2.05) is 0 Å². The molecule has 1 unspecified atom stereocenters. The second kappa shape index (κ2) is 5.77. The number of ether oxygens (including phenoxy) is 1. The second-order valence-electron chi connectivity index (χ2n) is 5.02. The maximum atomic E-state index is 10.7. The van der Waals surface area contributed by atoms with E-state index in [-0.39, 0.29) is 12.3 Å². The molecule has 0 spiro atoms. The molecule has 0 amide bonds. The lowest BCUT2D eigenvalue weighted by atomic mass is 10.1. The van der Waals surface area contributed by atoms with Gasteiger partial charge in [0, 0.05) is 12.1 Å². The SMILES string of the molecule is CC(C#N)(COc1cc([N+](=O)[O-])ccc1Br)NC1CC1. The van der Waals surface area contributed by atoms with Crippen LogP contribution >= 0.6 is 15.9 Å². The third-order valence-corrected chi connectivity index (χ3v) is 3.64. The fourth-order valence-electron chi connectivity index (χ4n) is 1.72. The topological polar surface area (TPSA) is 88.2 Å². The van der Waals surface area contributed by atoms with Crippen molar-refractivity contribution in [1.82, 2.24) is 5.32 Å². The van der Waals surface area contributed by atoms with Crippen LogP contribution < -0.4 is 10.1 Å². The monoisotopic (exact) mass is 339 g/mol. The summed E-state index contributed by atoms with van der Waals surface area (Å²) in [5, 5.41) is 23.2. The van der Waals surface area contributed by atoms with Crippen LogP contribution in [0.2, 0.25) is 0 Å². The van der Waals surface area contributed by atoms with Gasteiger partial charge in [-0.3, -0.25) is 15.4 Å². The van der Waals surface area contributed by atoms with Gasteiger partial charge in [-0.25, -0.2) is 0 Å². The summed E-state index contributed by atoms with van der Waals surface area (Å²) in [6.45, 7) is 1.89. The summed E-state index contributed by atoms with van der Waals surface area (Å²) in [6.07, 6.45) is 2.13. The zero-order valence-electron chi connectivity index (χ0n) is 10.9. The normalized spacial score (nSPS) is 17.1. The van der Waals surface area contributed by atoms with Gasteiger partial charge in [-0.2, -0.15) is 5.26 Å². The number of nitriles is 1. The average Bonchev–Trinajstić information content (AvgIpc) is 3.21. The molecule has 1 atom stereocenters. The van der Waals surface area contributed by atoms with Crippen molar-refractivity contribution >= 4 is 21.6 Å². The van der Waals surface area contributed by atoms with E-state index in [1.54, 1.807) is 13.0 Å². The van der Waals surface area contributed by atoms with E-state index in [0.717, 1.165) is 12.8 Å². The fraction of sp³-hybridized carbons (Fsp3) is 0.462. The van der Waals surface area contributed by atoms with Gasteiger partial charge in [-0.15, -0.1) is 0 Å². The lowest BCUT2D eigenvalue weighted by Crippen LogP contribution is -2.47. The van der Waals surface area contributed by atoms with E-state index in [0.29, 0.717) is 16.3 Å². The number of rotatable bonds is 6. The number of nitrogens with one attached hydrogen (secondary N) is 1. The largest absolute Gasteiger partial charge is 0.489 e. The summed E-state index contributed by atoms with van der Waals surface area (Å²) in [5.41, 5.74) is -0.845. The molecule has 1 fully saturated rings. The van der Waals surface area contributed by atoms with Crippen LogP contribution in [0.15, 0.2) is 22.7 Å². The van der Waals surface area contributed by atoms with Crippen LogP contribution in [0.3, 0.4) is 0 Å². The highest BCUT2D eigenvalue weighted by atomic mass is 79.9. The molecule has 1 saturated carbocycles. The highest BCUT2D eigenvalue weighted by molar-refractivity contribution is 9.10. The summed E-state index contributed by atoms with van der Waals surface area (Å²) < 4.78 is 6.20. The number of hydrogen-bond acceptors (Lipinski definition) is 5. The van der Waals surface area contributed by atoms with Crippen molar-refractivity contribution in [3.63, 3.8) is 0 Å². The highest BCUT2D eigenvalue weighted by Crippen LogP contribution is 2.30. The summed E-state index contributed by atoms with van der Waals surface area (Å²) in [7, 11) is 0. The van der Waals surface area contributed by atoms with Gasteiger partial charge < -0.3 is 4.74 Å². The van der Waals surface area contributed by atoms with E-state index in [2.05, 4.69) is 27.3 Å². The number of nitro benzene ring substituents is 1. The Bertz CT molecular complexity index is 568. The predicted molar refractivity (Wildman–Crippen MR) is 76.5 cm³/mol. The maximum Gasteiger partial charge on any atom is 0.273 e. The van der Waals surface area contributed by atoms with Gasteiger partial charge in [0.25, 0.3) is 5.69 Å². The Morgan fingerprint density at radius 2 is 2.35 bits per heavy atom. The molecule has 0 saturated heterocycles. The minimum atomic E-state index is -0.800. The van der Waals surface area contributed by atoms with Crippen molar-refractivity contribution in [3.8, 4) is 11.8 Å². The Morgan fingerprint density at radius 3 is 2.90 bits per heavy atom. The Labute approximate surface area is 125 Å². The molecule has 0 bridgehead atoms. The summed E-state index contributed by atoms with van der Waals surface area (Å²) in [6, 6.07) is 6.86. The molecule has 1 aliphatic carbocycles. The first kappa shape index (κ1) is 14.8. The van der Waals surface area contributed by atoms with E-state index >= 15 is 0 Å². The summed E-state index contributed by atoms with van der Waals surface area (Å²) >= 11 is 3.28. The molecule has 1 N–H and O–H groups in total. The van der Waals surface area contributed by atoms with Gasteiger partial charge in [0.2, 0.25) is 0 Å². The standard InChI is InChI=1S/C13H14BrN3O3/c1-13(7-15,16-9-2-3-9)8-20-12-6-10(17(18)19)4-5-11(12)14/h4-6,9,16H,2-3,8H2,1H3. The third-order valence-electron chi connectivity index (χ3n) is 2.99. The molecular formula is C13H14BrN3O3. The van der Waals surface area contributed by atoms with Gasteiger partial charge in [0.1, 0.15) is 17.9 Å². The smallest absolute Gasteiger partial charge is 0.273 e. The lowest BCUT2D eigenvalue weighted by molar-refractivity contribution is -0.385. The zero-order valence-corrected chi connectivity index (χ0v) is 12.5.